The minimum atomic E-state index is -0.376. The van der Waals surface area contributed by atoms with Crippen LogP contribution in [0.25, 0.3) is 0 Å². The molecule has 0 spiro atoms. The van der Waals surface area contributed by atoms with Crippen molar-refractivity contribution in [2.45, 2.75) is 46.7 Å². The number of hydrogen-bond acceptors (Lipinski definition) is 3. The molecule has 0 fully saturated rings. The number of anilines is 1. The number of benzene rings is 2. The highest BCUT2D eigenvalue weighted by Gasteiger charge is 2.15. The van der Waals surface area contributed by atoms with E-state index in [1.54, 1.807) is 12.1 Å². The Balaban J connectivity index is 0.000000920. The molecule has 0 saturated carbocycles. The van der Waals surface area contributed by atoms with Crippen molar-refractivity contribution in [1.82, 2.24) is 0 Å². The summed E-state index contributed by atoms with van der Waals surface area (Å²) >= 11 is 5.91. The lowest BCUT2D eigenvalue weighted by Gasteiger charge is -2.31. The van der Waals surface area contributed by atoms with E-state index in [9.17, 15) is 4.39 Å². The Labute approximate surface area is 161 Å². The Morgan fingerprint density at radius 1 is 1.19 bits per heavy atom. The zero-order valence-electron chi connectivity index (χ0n) is 16.2. The second-order valence-electron chi connectivity index (χ2n) is 5.30. The second-order valence-corrected chi connectivity index (χ2v) is 5.71. The van der Waals surface area contributed by atoms with Gasteiger partial charge in [0.05, 0.1) is 12.1 Å². The first-order valence-corrected chi connectivity index (χ1v) is 9.13. The average Bonchev–Trinajstić information content (AvgIpc) is 2.70. The summed E-state index contributed by atoms with van der Waals surface area (Å²) in [7, 11) is 1.31. The molecule has 0 aliphatic carbocycles. The maximum atomic E-state index is 13.3. The molecule has 0 radical (unpaired) electrons. The van der Waals surface area contributed by atoms with Gasteiger partial charge in [-0.15, -0.1) is 0 Å². The number of rotatable bonds is 6. The molecule has 0 amide bonds. The summed E-state index contributed by atoms with van der Waals surface area (Å²) in [6.07, 6.45) is 1.02. The number of nitrogens with zero attached hydrogens (tertiary/aromatic N) is 1. The van der Waals surface area contributed by atoms with Gasteiger partial charge in [-0.2, -0.15) is 0 Å². The number of carbonyl (C=O) groups excluding carboxylic acids is 1. The number of hydrogen-bond donors (Lipinski definition) is 0. The van der Waals surface area contributed by atoms with Crippen molar-refractivity contribution in [1.29, 1.82) is 0 Å². The summed E-state index contributed by atoms with van der Waals surface area (Å²) in [5.74, 6) is -0.376. The van der Waals surface area contributed by atoms with Crippen molar-refractivity contribution < 1.29 is 13.9 Å². The monoisotopic (exact) mass is 381 g/mol. The lowest BCUT2D eigenvalue weighted by molar-refractivity contribution is -0.126. The third kappa shape index (κ3) is 8.34. The van der Waals surface area contributed by atoms with Crippen molar-refractivity contribution in [2.75, 3.05) is 12.0 Å². The molecule has 1 unspecified atom stereocenters. The van der Waals surface area contributed by atoms with Crippen molar-refractivity contribution in [3.05, 3.63) is 64.9 Å². The van der Waals surface area contributed by atoms with Crippen LogP contribution in [0.5, 0.6) is 0 Å². The van der Waals surface area contributed by atoms with Crippen LogP contribution in [-0.2, 0) is 16.1 Å². The average molecular weight is 382 g/mol. The van der Waals surface area contributed by atoms with E-state index in [4.69, 9.17) is 16.4 Å². The van der Waals surface area contributed by atoms with Crippen molar-refractivity contribution >= 4 is 23.8 Å². The first kappa shape index (κ1) is 23.9. The van der Waals surface area contributed by atoms with Gasteiger partial charge in [-0.25, -0.2) is 4.39 Å². The number of carbonyl (C=O) groups is 1. The molecule has 2 rings (SSSR count). The summed E-state index contributed by atoms with van der Waals surface area (Å²) in [4.78, 5) is 11.2. The summed E-state index contributed by atoms with van der Waals surface area (Å²) < 4.78 is 17.2. The van der Waals surface area contributed by atoms with Crippen LogP contribution >= 0.6 is 11.6 Å². The Morgan fingerprint density at radius 3 is 2.23 bits per heavy atom. The molecule has 2 aromatic carbocycles. The van der Waals surface area contributed by atoms with Crippen LogP contribution in [0.2, 0.25) is 5.02 Å². The molecule has 26 heavy (non-hydrogen) atoms. The third-order valence-corrected chi connectivity index (χ3v) is 3.94. The summed E-state index contributed by atoms with van der Waals surface area (Å²) in [5, 5.41) is 0.170. The SMILES string of the molecule is CC.CCC(C)N(Cc1ccccc1)c1ccc(F)c(Cl)c1.COC=O. The molecule has 0 aliphatic heterocycles. The fourth-order valence-electron chi connectivity index (χ4n) is 2.17. The van der Waals surface area contributed by atoms with E-state index in [1.807, 2.05) is 32.0 Å². The molecule has 0 N–H and O–H groups in total. The van der Waals surface area contributed by atoms with Crippen LogP contribution in [-0.4, -0.2) is 19.6 Å². The van der Waals surface area contributed by atoms with Gasteiger partial charge in [0.15, 0.2) is 0 Å². The van der Waals surface area contributed by atoms with E-state index in [0.29, 0.717) is 12.5 Å². The molecule has 5 heteroatoms. The molecule has 0 saturated heterocycles. The number of ether oxygens (including phenoxy) is 1. The third-order valence-electron chi connectivity index (χ3n) is 3.65. The van der Waals surface area contributed by atoms with Gasteiger partial charge in [0.1, 0.15) is 5.82 Å². The maximum absolute atomic E-state index is 13.3. The summed E-state index contributed by atoms with van der Waals surface area (Å²) in [5.41, 5.74) is 2.18. The van der Waals surface area contributed by atoms with Crippen molar-refractivity contribution in [3.63, 3.8) is 0 Å². The van der Waals surface area contributed by atoms with Crippen LogP contribution < -0.4 is 4.90 Å². The highest BCUT2D eigenvalue weighted by molar-refractivity contribution is 6.31. The van der Waals surface area contributed by atoms with Gasteiger partial charge in [0.2, 0.25) is 0 Å². The van der Waals surface area contributed by atoms with E-state index >= 15 is 0 Å². The fourth-order valence-corrected chi connectivity index (χ4v) is 2.34. The predicted octanol–water partition coefficient (Wildman–Crippen LogP) is 6.10. The van der Waals surface area contributed by atoms with Gasteiger partial charge >= 0.3 is 0 Å². The molecule has 144 valence electrons. The number of halogens is 2. The van der Waals surface area contributed by atoms with Crippen LogP contribution in [0.15, 0.2) is 48.5 Å². The quantitative estimate of drug-likeness (QED) is 0.566. The van der Waals surface area contributed by atoms with E-state index in [-0.39, 0.29) is 10.8 Å². The largest absolute Gasteiger partial charge is 0.471 e. The van der Waals surface area contributed by atoms with E-state index in [1.165, 1.54) is 18.7 Å². The van der Waals surface area contributed by atoms with Crippen LogP contribution in [0.3, 0.4) is 0 Å². The van der Waals surface area contributed by atoms with Crippen LogP contribution in [0.4, 0.5) is 10.1 Å². The van der Waals surface area contributed by atoms with Crippen LogP contribution in [0, 0.1) is 5.82 Å². The van der Waals surface area contributed by atoms with E-state index in [2.05, 4.69) is 35.6 Å². The van der Waals surface area contributed by atoms with Gasteiger partial charge < -0.3 is 9.64 Å². The first-order chi connectivity index (χ1) is 12.5. The Hall–Kier alpha value is -2.07. The molecule has 2 aromatic rings. The van der Waals surface area contributed by atoms with Gasteiger partial charge in [0.25, 0.3) is 6.47 Å². The molecule has 0 aromatic heterocycles. The van der Waals surface area contributed by atoms with Gasteiger partial charge in [0, 0.05) is 18.3 Å². The standard InChI is InChI=1S/C17H19ClFN.C2H4O2.C2H6/c1-3-13(2)20(12-14-7-5-4-6-8-14)15-9-10-17(19)16(18)11-15;1-4-2-3;1-2/h4-11,13H,3,12H2,1-2H3;2H,1H3;1-2H3. The van der Waals surface area contributed by atoms with Crippen LogP contribution in [0.1, 0.15) is 39.7 Å². The van der Waals surface area contributed by atoms with Crippen molar-refractivity contribution in [3.8, 4) is 0 Å². The Kier molecular flexibility index (Phi) is 13.0. The Bertz CT molecular complexity index is 623. The van der Waals surface area contributed by atoms with Gasteiger partial charge in [-0.1, -0.05) is 62.7 Å². The molecule has 0 bridgehead atoms. The highest BCUT2D eigenvalue weighted by Crippen LogP contribution is 2.26. The maximum Gasteiger partial charge on any atom is 0.292 e. The first-order valence-electron chi connectivity index (χ1n) is 8.75. The second kappa shape index (κ2) is 14.1. The molecular formula is C21H29ClFNO2. The lowest BCUT2D eigenvalue weighted by Crippen LogP contribution is -2.32. The minimum Gasteiger partial charge on any atom is -0.471 e. The normalized spacial score (nSPS) is 10.4. The highest BCUT2D eigenvalue weighted by atomic mass is 35.5. The fraction of sp³-hybridized carbons (Fsp3) is 0.381. The zero-order chi connectivity index (χ0) is 19.9. The molecule has 1 atom stereocenters. The number of methoxy groups -OCH3 is 1. The van der Waals surface area contributed by atoms with E-state index < -0.39 is 0 Å². The molecular weight excluding hydrogens is 353 g/mol. The Morgan fingerprint density at radius 2 is 1.77 bits per heavy atom. The van der Waals surface area contributed by atoms with Gasteiger partial charge in [-0.05, 0) is 37.1 Å². The topological polar surface area (TPSA) is 29.5 Å². The smallest absolute Gasteiger partial charge is 0.292 e. The molecule has 0 heterocycles. The van der Waals surface area contributed by atoms with Gasteiger partial charge in [-0.3, -0.25) is 4.79 Å². The predicted molar refractivity (Wildman–Crippen MR) is 108 cm³/mol. The lowest BCUT2D eigenvalue weighted by atomic mass is 10.1. The minimum absolute atomic E-state index is 0.170. The van der Waals surface area contributed by atoms with E-state index in [0.717, 1.165) is 18.7 Å². The summed E-state index contributed by atoms with van der Waals surface area (Å²) in [6.45, 7) is 9.48. The molecule has 0 aliphatic rings. The summed E-state index contributed by atoms with van der Waals surface area (Å²) in [6, 6.07) is 15.5. The zero-order valence-corrected chi connectivity index (χ0v) is 17.0. The van der Waals surface area contributed by atoms with Crippen molar-refractivity contribution in [2.24, 2.45) is 0 Å². The molecule has 3 nitrogen and oxygen atoms in total.